The minimum atomic E-state index is -0.400. The number of aryl methyl sites for hydroxylation is 1. The Hall–Kier alpha value is -1.55. The number of hydrogen-bond acceptors (Lipinski definition) is 3. The number of ether oxygens (including phenoxy) is 1. The summed E-state index contributed by atoms with van der Waals surface area (Å²) in [5.41, 5.74) is 2.70. The normalized spacial score (nSPS) is 22.2. The van der Waals surface area contributed by atoms with Crippen molar-refractivity contribution in [2.45, 2.75) is 44.8 Å². The molecule has 0 spiro atoms. The lowest BCUT2D eigenvalue weighted by atomic mass is 10.1. The Labute approximate surface area is 126 Å². The van der Waals surface area contributed by atoms with Gasteiger partial charge in [0.05, 0.1) is 0 Å². The Balaban J connectivity index is 1.66. The summed E-state index contributed by atoms with van der Waals surface area (Å²) < 4.78 is 5.87. The molecule has 1 aromatic carbocycles. The van der Waals surface area contributed by atoms with E-state index in [9.17, 15) is 4.79 Å². The van der Waals surface area contributed by atoms with E-state index in [-0.39, 0.29) is 5.91 Å². The van der Waals surface area contributed by atoms with E-state index >= 15 is 0 Å². The number of hydrogen-bond donors (Lipinski definition) is 1. The lowest BCUT2D eigenvalue weighted by Crippen LogP contribution is -2.38. The van der Waals surface area contributed by atoms with E-state index in [1.807, 2.05) is 24.9 Å². The second kappa shape index (κ2) is 6.06. The maximum absolute atomic E-state index is 12.3. The molecule has 0 radical (unpaired) electrons. The molecule has 1 amide bonds. The lowest BCUT2D eigenvalue weighted by molar-refractivity contribution is -0.136. The van der Waals surface area contributed by atoms with Crippen LogP contribution in [-0.2, 0) is 11.2 Å². The lowest BCUT2D eigenvalue weighted by Gasteiger charge is -2.21. The smallest absolute Gasteiger partial charge is 0.263 e. The van der Waals surface area contributed by atoms with Gasteiger partial charge in [-0.1, -0.05) is 6.07 Å². The van der Waals surface area contributed by atoms with Crippen molar-refractivity contribution in [3.05, 3.63) is 29.3 Å². The SMILES string of the molecule is CNC1CCc2cc(OC(C)C(=O)N3CCCC3)ccc21. The summed E-state index contributed by atoms with van der Waals surface area (Å²) >= 11 is 0. The predicted molar refractivity (Wildman–Crippen MR) is 82.5 cm³/mol. The summed E-state index contributed by atoms with van der Waals surface area (Å²) in [6.07, 6.45) is 4.04. The van der Waals surface area contributed by atoms with Crippen LogP contribution in [0, 0.1) is 0 Å². The molecule has 0 bridgehead atoms. The van der Waals surface area contributed by atoms with Crippen molar-refractivity contribution in [3.8, 4) is 5.75 Å². The molecule has 1 N–H and O–H groups in total. The van der Waals surface area contributed by atoms with E-state index in [1.165, 1.54) is 11.1 Å². The van der Waals surface area contributed by atoms with Gasteiger partial charge in [-0.15, -0.1) is 0 Å². The molecular weight excluding hydrogens is 264 g/mol. The standard InChI is InChI=1S/C17H24N2O2/c1-12(17(20)19-9-3-4-10-19)21-14-6-7-15-13(11-14)5-8-16(15)18-2/h6-7,11-12,16,18H,3-5,8-10H2,1-2H3. The molecule has 1 aliphatic carbocycles. The van der Waals surface area contributed by atoms with E-state index in [0.717, 1.165) is 44.5 Å². The highest BCUT2D eigenvalue weighted by atomic mass is 16.5. The van der Waals surface area contributed by atoms with Crippen LogP contribution in [0.1, 0.15) is 43.4 Å². The number of benzene rings is 1. The predicted octanol–water partition coefficient (Wildman–Crippen LogP) is 2.28. The molecule has 3 rings (SSSR count). The monoisotopic (exact) mass is 288 g/mol. The van der Waals surface area contributed by atoms with Crippen molar-refractivity contribution < 1.29 is 9.53 Å². The third kappa shape index (κ3) is 2.91. The van der Waals surface area contributed by atoms with E-state index in [0.29, 0.717) is 6.04 Å². The van der Waals surface area contributed by atoms with Crippen LogP contribution in [0.25, 0.3) is 0 Å². The Kier molecular flexibility index (Phi) is 4.15. The third-order valence-electron chi connectivity index (χ3n) is 4.62. The first-order valence-corrected chi connectivity index (χ1v) is 7.94. The van der Waals surface area contributed by atoms with Gasteiger partial charge in [-0.25, -0.2) is 0 Å². The highest BCUT2D eigenvalue weighted by Crippen LogP contribution is 2.33. The fraction of sp³-hybridized carbons (Fsp3) is 0.588. The first-order valence-electron chi connectivity index (χ1n) is 7.94. The first kappa shape index (κ1) is 14.4. The van der Waals surface area contributed by atoms with Gasteiger partial charge >= 0.3 is 0 Å². The van der Waals surface area contributed by atoms with Gasteiger partial charge in [0.2, 0.25) is 0 Å². The number of likely N-dealkylation sites (tertiary alicyclic amines) is 1. The van der Waals surface area contributed by atoms with Gasteiger partial charge in [0.25, 0.3) is 5.91 Å². The fourth-order valence-electron chi connectivity index (χ4n) is 3.42. The summed E-state index contributed by atoms with van der Waals surface area (Å²) in [5, 5.41) is 3.33. The molecule has 1 heterocycles. The van der Waals surface area contributed by atoms with Crippen LogP contribution < -0.4 is 10.1 Å². The van der Waals surface area contributed by atoms with Crippen molar-refractivity contribution in [1.82, 2.24) is 10.2 Å². The maximum atomic E-state index is 12.3. The van der Waals surface area contributed by atoms with Crippen LogP contribution in [0.2, 0.25) is 0 Å². The number of carbonyl (C=O) groups is 1. The summed E-state index contributed by atoms with van der Waals surface area (Å²) in [6, 6.07) is 6.67. The van der Waals surface area contributed by atoms with Crippen LogP contribution in [-0.4, -0.2) is 37.0 Å². The van der Waals surface area contributed by atoms with Crippen molar-refractivity contribution in [1.29, 1.82) is 0 Å². The number of nitrogens with zero attached hydrogens (tertiary/aromatic N) is 1. The molecular formula is C17H24N2O2. The van der Waals surface area contributed by atoms with E-state index in [4.69, 9.17) is 4.74 Å². The number of carbonyl (C=O) groups excluding carboxylic acids is 1. The highest BCUT2D eigenvalue weighted by Gasteiger charge is 2.25. The molecule has 4 nitrogen and oxygen atoms in total. The van der Waals surface area contributed by atoms with Gasteiger partial charge < -0.3 is 15.0 Å². The molecule has 1 aromatic rings. The zero-order valence-electron chi connectivity index (χ0n) is 12.9. The third-order valence-corrected chi connectivity index (χ3v) is 4.62. The van der Waals surface area contributed by atoms with Crippen molar-refractivity contribution in [2.75, 3.05) is 20.1 Å². The van der Waals surface area contributed by atoms with Gasteiger partial charge in [-0.2, -0.15) is 0 Å². The van der Waals surface area contributed by atoms with Crippen LogP contribution in [0.5, 0.6) is 5.75 Å². The van der Waals surface area contributed by atoms with Crippen LogP contribution in [0.15, 0.2) is 18.2 Å². The van der Waals surface area contributed by atoms with Crippen molar-refractivity contribution >= 4 is 5.91 Å². The zero-order chi connectivity index (χ0) is 14.8. The van der Waals surface area contributed by atoms with Gasteiger partial charge in [0.15, 0.2) is 6.10 Å². The average molecular weight is 288 g/mol. The number of fused-ring (bicyclic) bond motifs is 1. The van der Waals surface area contributed by atoms with E-state index in [2.05, 4.69) is 17.4 Å². The molecule has 21 heavy (non-hydrogen) atoms. The quantitative estimate of drug-likeness (QED) is 0.924. The highest BCUT2D eigenvalue weighted by molar-refractivity contribution is 5.81. The Morgan fingerprint density at radius 1 is 1.38 bits per heavy atom. The molecule has 0 saturated carbocycles. The second-order valence-corrected chi connectivity index (χ2v) is 6.03. The molecule has 114 valence electrons. The summed E-state index contributed by atoms with van der Waals surface area (Å²) in [5.74, 6) is 0.923. The second-order valence-electron chi connectivity index (χ2n) is 6.03. The molecule has 1 fully saturated rings. The largest absolute Gasteiger partial charge is 0.481 e. The molecule has 1 aliphatic heterocycles. The zero-order valence-corrected chi connectivity index (χ0v) is 12.9. The Morgan fingerprint density at radius 2 is 2.14 bits per heavy atom. The van der Waals surface area contributed by atoms with Crippen molar-refractivity contribution in [2.24, 2.45) is 0 Å². The topological polar surface area (TPSA) is 41.6 Å². The summed E-state index contributed by atoms with van der Waals surface area (Å²) in [7, 11) is 2.00. The number of rotatable bonds is 4. The average Bonchev–Trinajstić information content (AvgIpc) is 3.15. The minimum absolute atomic E-state index is 0.112. The van der Waals surface area contributed by atoms with Gasteiger partial charge in [0.1, 0.15) is 5.75 Å². The first-order chi connectivity index (χ1) is 10.2. The number of nitrogens with one attached hydrogen (secondary N) is 1. The van der Waals surface area contributed by atoms with E-state index < -0.39 is 6.10 Å². The van der Waals surface area contributed by atoms with Crippen LogP contribution in [0.3, 0.4) is 0 Å². The maximum Gasteiger partial charge on any atom is 0.263 e. The Morgan fingerprint density at radius 3 is 2.86 bits per heavy atom. The fourth-order valence-corrected chi connectivity index (χ4v) is 3.42. The molecule has 1 saturated heterocycles. The minimum Gasteiger partial charge on any atom is -0.481 e. The molecule has 2 atom stereocenters. The molecule has 2 unspecified atom stereocenters. The van der Waals surface area contributed by atoms with Crippen LogP contribution >= 0.6 is 0 Å². The summed E-state index contributed by atoms with van der Waals surface area (Å²) in [4.78, 5) is 14.2. The number of amides is 1. The molecule has 4 heteroatoms. The molecule has 2 aliphatic rings. The molecule has 0 aromatic heterocycles. The van der Waals surface area contributed by atoms with Crippen molar-refractivity contribution in [3.63, 3.8) is 0 Å². The van der Waals surface area contributed by atoms with Gasteiger partial charge in [-0.3, -0.25) is 4.79 Å². The van der Waals surface area contributed by atoms with E-state index in [1.54, 1.807) is 0 Å². The van der Waals surface area contributed by atoms with Gasteiger partial charge in [0, 0.05) is 19.1 Å². The Bertz CT molecular complexity index is 524. The summed E-state index contributed by atoms with van der Waals surface area (Å²) in [6.45, 7) is 3.60. The van der Waals surface area contributed by atoms with Gasteiger partial charge in [-0.05, 0) is 62.9 Å². The van der Waals surface area contributed by atoms with Crippen LogP contribution in [0.4, 0.5) is 0 Å².